The molecule has 0 aliphatic carbocycles. The van der Waals surface area contributed by atoms with Crippen LogP contribution in [0.3, 0.4) is 0 Å². The van der Waals surface area contributed by atoms with Crippen LogP contribution in [0.15, 0.2) is 24.3 Å². The van der Waals surface area contributed by atoms with Crippen LogP contribution in [0.1, 0.15) is 25.3 Å². The number of hydrogen-bond donors (Lipinski definition) is 4. The summed E-state index contributed by atoms with van der Waals surface area (Å²) < 4.78 is 0. The second kappa shape index (κ2) is 7.88. The summed E-state index contributed by atoms with van der Waals surface area (Å²) in [5.74, 6) is -2.12. The summed E-state index contributed by atoms with van der Waals surface area (Å²) in [5, 5.41) is 13.6. The molecule has 114 valence electrons. The molecule has 0 heterocycles. The van der Waals surface area contributed by atoms with Gasteiger partial charge in [0.2, 0.25) is 5.91 Å². The van der Waals surface area contributed by atoms with E-state index < -0.39 is 30.4 Å². The molecule has 7 nitrogen and oxygen atoms in total. The molecule has 0 bridgehead atoms. The first-order chi connectivity index (χ1) is 9.92. The van der Waals surface area contributed by atoms with E-state index in [1.807, 2.05) is 12.1 Å². The van der Waals surface area contributed by atoms with Crippen LogP contribution in [0, 0.1) is 0 Å². The van der Waals surface area contributed by atoms with Gasteiger partial charge >= 0.3 is 12.0 Å². The quantitative estimate of drug-likeness (QED) is 0.601. The number of nitrogens with two attached hydrogens (primary N) is 1. The van der Waals surface area contributed by atoms with Crippen molar-refractivity contribution in [1.29, 1.82) is 0 Å². The van der Waals surface area contributed by atoms with Crippen molar-refractivity contribution in [3.63, 3.8) is 0 Å². The zero-order chi connectivity index (χ0) is 15.8. The van der Waals surface area contributed by atoms with Gasteiger partial charge in [-0.15, -0.1) is 0 Å². The smallest absolute Gasteiger partial charge is 0.326 e. The highest BCUT2D eigenvalue weighted by Gasteiger charge is 2.22. The number of nitrogens with one attached hydrogen (secondary N) is 2. The van der Waals surface area contributed by atoms with Gasteiger partial charge in [0.05, 0.1) is 6.42 Å². The van der Waals surface area contributed by atoms with Gasteiger partial charge in [-0.05, 0) is 24.1 Å². The minimum Gasteiger partial charge on any atom is -0.480 e. The van der Waals surface area contributed by atoms with Crippen molar-refractivity contribution in [2.75, 3.05) is 5.32 Å². The fourth-order valence-corrected chi connectivity index (χ4v) is 1.77. The van der Waals surface area contributed by atoms with E-state index in [9.17, 15) is 14.4 Å². The van der Waals surface area contributed by atoms with Gasteiger partial charge in [0.15, 0.2) is 0 Å². The third-order valence-corrected chi connectivity index (χ3v) is 2.76. The summed E-state index contributed by atoms with van der Waals surface area (Å²) >= 11 is 0. The summed E-state index contributed by atoms with van der Waals surface area (Å²) in [7, 11) is 0. The van der Waals surface area contributed by atoms with E-state index in [0.717, 1.165) is 18.4 Å². The number of amides is 3. The molecule has 1 aromatic rings. The number of rotatable bonds is 7. The number of benzene rings is 1. The van der Waals surface area contributed by atoms with Gasteiger partial charge in [0.25, 0.3) is 0 Å². The van der Waals surface area contributed by atoms with Crippen LogP contribution in [0.5, 0.6) is 0 Å². The Hall–Kier alpha value is -2.57. The van der Waals surface area contributed by atoms with Crippen LogP contribution in [0.4, 0.5) is 10.5 Å². The molecular formula is C14H19N3O4. The zero-order valence-corrected chi connectivity index (χ0v) is 11.8. The zero-order valence-electron chi connectivity index (χ0n) is 11.8. The number of urea groups is 1. The van der Waals surface area contributed by atoms with E-state index in [2.05, 4.69) is 17.6 Å². The maximum absolute atomic E-state index is 11.7. The Labute approximate surface area is 122 Å². The second-order valence-electron chi connectivity index (χ2n) is 4.61. The summed E-state index contributed by atoms with van der Waals surface area (Å²) in [6.45, 7) is 2.07. The first-order valence-corrected chi connectivity index (χ1v) is 6.60. The molecule has 7 heteroatoms. The lowest BCUT2D eigenvalue weighted by molar-refractivity contribution is -0.140. The number of aliphatic carboxylic acids is 1. The van der Waals surface area contributed by atoms with Crippen molar-refractivity contribution >= 4 is 23.6 Å². The van der Waals surface area contributed by atoms with Crippen molar-refractivity contribution in [3.8, 4) is 0 Å². The van der Waals surface area contributed by atoms with E-state index in [4.69, 9.17) is 10.8 Å². The van der Waals surface area contributed by atoms with Crippen LogP contribution in [0.25, 0.3) is 0 Å². The van der Waals surface area contributed by atoms with Crippen molar-refractivity contribution < 1.29 is 19.5 Å². The van der Waals surface area contributed by atoms with E-state index >= 15 is 0 Å². The fraction of sp³-hybridized carbons (Fsp3) is 0.357. The third-order valence-electron chi connectivity index (χ3n) is 2.76. The molecule has 0 saturated carbocycles. The molecule has 0 fully saturated rings. The predicted octanol–water partition coefficient (Wildman–Crippen LogP) is 1.09. The molecule has 0 saturated heterocycles. The normalized spacial score (nSPS) is 11.5. The van der Waals surface area contributed by atoms with Gasteiger partial charge < -0.3 is 21.5 Å². The van der Waals surface area contributed by atoms with Gasteiger partial charge in [-0.25, -0.2) is 9.59 Å². The summed E-state index contributed by atoms with van der Waals surface area (Å²) in [6, 6.07) is 5.19. The molecule has 5 N–H and O–H groups in total. The first-order valence-electron chi connectivity index (χ1n) is 6.60. The topological polar surface area (TPSA) is 122 Å². The van der Waals surface area contributed by atoms with Crippen LogP contribution < -0.4 is 16.4 Å². The Morgan fingerprint density at radius 3 is 2.33 bits per heavy atom. The number of carboxylic acid groups (broad SMARTS) is 1. The van der Waals surface area contributed by atoms with Gasteiger partial charge in [-0.3, -0.25) is 4.79 Å². The number of primary amides is 1. The predicted molar refractivity (Wildman–Crippen MR) is 77.8 cm³/mol. The average Bonchev–Trinajstić information content (AvgIpc) is 2.40. The van der Waals surface area contributed by atoms with Crippen LogP contribution in [-0.2, 0) is 16.0 Å². The Balaban J connectivity index is 2.59. The maximum atomic E-state index is 11.7. The van der Waals surface area contributed by atoms with Crippen LogP contribution in [-0.4, -0.2) is 29.1 Å². The van der Waals surface area contributed by atoms with Gasteiger partial charge in [0.1, 0.15) is 6.04 Å². The number of carbonyl (C=O) groups is 3. The molecule has 1 rings (SSSR count). The van der Waals surface area contributed by atoms with E-state index in [0.29, 0.717) is 5.69 Å². The lowest BCUT2D eigenvalue weighted by Crippen LogP contribution is -2.45. The molecule has 3 amide bonds. The number of aryl methyl sites for hydroxylation is 1. The minimum absolute atomic E-state index is 0.460. The SMILES string of the molecule is CCCc1ccc(NC(=O)N[C@H](CC(N)=O)C(=O)O)cc1. The largest absolute Gasteiger partial charge is 0.480 e. The highest BCUT2D eigenvalue weighted by atomic mass is 16.4. The standard InChI is InChI=1S/C14H19N3O4/c1-2-3-9-4-6-10(7-5-9)16-14(21)17-11(13(19)20)8-12(15)18/h4-7,11H,2-3,8H2,1H3,(H2,15,18)(H,19,20)(H2,16,17,21)/t11-/m1/s1. The van der Waals surface area contributed by atoms with Gasteiger partial charge in [0, 0.05) is 5.69 Å². The first kappa shape index (κ1) is 16.5. The molecule has 0 aliphatic rings. The van der Waals surface area contributed by atoms with E-state index in [1.54, 1.807) is 12.1 Å². The number of carboxylic acids is 1. The lowest BCUT2D eigenvalue weighted by Gasteiger charge is -2.13. The minimum atomic E-state index is -1.35. The molecule has 1 aromatic carbocycles. The second-order valence-corrected chi connectivity index (χ2v) is 4.61. The lowest BCUT2D eigenvalue weighted by atomic mass is 10.1. The Morgan fingerprint density at radius 2 is 1.86 bits per heavy atom. The summed E-state index contributed by atoms with van der Waals surface area (Å²) in [4.78, 5) is 33.3. The molecule has 21 heavy (non-hydrogen) atoms. The van der Waals surface area contributed by atoms with E-state index in [1.165, 1.54) is 0 Å². The molecule has 0 unspecified atom stereocenters. The highest BCUT2D eigenvalue weighted by Crippen LogP contribution is 2.11. The third kappa shape index (κ3) is 5.94. The molecule has 0 spiro atoms. The maximum Gasteiger partial charge on any atom is 0.326 e. The summed E-state index contributed by atoms with van der Waals surface area (Å²) in [5.41, 5.74) is 6.62. The molecule has 0 aliphatic heterocycles. The molecule has 1 atom stereocenters. The van der Waals surface area contributed by atoms with Crippen molar-refractivity contribution in [2.45, 2.75) is 32.2 Å². The fourth-order valence-electron chi connectivity index (χ4n) is 1.77. The van der Waals surface area contributed by atoms with Gasteiger partial charge in [-0.1, -0.05) is 25.5 Å². The summed E-state index contributed by atoms with van der Waals surface area (Å²) in [6.07, 6.45) is 1.52. The van der Waals surface area contributed by atoms with Gasteiger partial charge in [-0.2, -0.15) is 0 Å². The Morgan fingerprint density at radius 1 is 1.24 bits per heavy atom. The van der Waals surface area contributed by atoms with Crippen molar-refractivity contribution in [1.82, 2.24) is 5.32 Å². The average molecular weight is 293 g/mol. The van der Waals surface area contributed by atoms with Crippen LogP contribution >= 0.6 is 0 Å². The molecule has 0 aromatic heterocycles. The highest BCUT2D eigenvalue weighted by molar-refractivity contribution is 5.93. The number of anilines is 1. The molecular weight excluding hydrogens is 274 g/mol. The Kier molecular flexibility index (Phi) is 6.19. The van der Waals surface area contributed by atoms with E-state index in [-0.39, 0.29) is 0 Å². The van der Waals surface area contributed by atoms with Crippen LogP contribution in [0.2, 0.25) is 0 Å². The number of carbonyl (C=O) groups excluding carboxylic acids is 2. The molecule has 0 radical (unpaired) electrons. The van der Waals surface area contributed by atoms with Crippen molar-refractivity contribution in [2.24, 2.45) is 5.73 Å². The van der Waals surface area contributed by atoms with Crippen molar-refractivity contribution in [3.05, 3.63) is 29.8 Å². The Bertz CT molecular complexity index is 513. The number of hydrogen-bond acceptors (Lipinski definition) is 3. The monoisotopic (exact) mass is 293 g/mol.